The number of amides is 1. The van der Waals surface area contributed by atoms with E-state index >= 15 is 0 Å². The first-order valence-electron chi connectivity index (χ1n) is 7.17. The molecule has 0 aromatic carbocycles. The van der Waals surface area contributed by atoms with Crippen LogP contribution in [0, 0.1) is 6.92 Å². The molecule has 0 bridgehead atoms. The van der Waals surface area contributed by atoms with Crippen molar-refractivity contribution in [2.24, 2.45) is 0 Å². The number of nitrogens with zero attached hydrogens (tertiary/aromatic N) is 3. The van der Waals surface area contributed by atoms with Crippen molar-refractivity contribution < 1.29 is 9.32 Å². The monoisotopic (exact) mass is 343 g/mol. The van der Waals surface area contributed by atoms with Crippen LogP contribution in [0.2, 0.25) is 0 Å². The summed E-state index contributed by atoms with van der Waals surface area (Å²) in [5.74, 6) is 1.20. The van der Waals surface area contributed by atoms with Crippen molar-refractivity contribution in [1.29, 1.82) is 0 Å². The highest BCUT2D eigenvalue weighted by molar-refractivity contribution is 9.09. The van der Waals surface area contributed by atoms with Crippen LogP contribution in [0.25, 0.3) is 0 Å². The Hall–Kier alpha value is -0.880. The van der Waals surface area contributed by atoms with Gasteiger partial charge in [0.15, 0.2) is 5.76 Å². The fraction of sp³-hybridized carbons (Fsp3) is 0.714. The minimum Gasteiger partial charge on any atom is -0.360 e. The number of rotatable bonds is 6. The van der Waals surface area contributed by atoms with Crippen LogP contribution in [-0.2, 0) is 11.3 Å². The number of halogens is 1. The van der Waals surface area contributed by atoms with Crippen molar-refractivity contribution in [3.8, 4) is 0 Å². The zero-order valence-corrected chi connectivity index (χ0v) is 13.6. The summed E-state index contributed by atoms with van der Waals surface area (Å²) < 4.78 is 5.23. The zero-order valence-electron chi connectivity index (χ0n) is 12.0. The second-order valence-electron chi connectivity index (χ2n) is 5.24. The van der Waals surface area contributed by atoms with Gasteiger partial charge in [-0.1, -0.05) is 21.1 Å². The van der Waals surface area contributed by atoms with Gasteiger partial charge in [0.25, 0.3) is 0 Å². The SMILES string of the molecule is Cc1cc(CN2CCN(C(=O)CCCCBr)CC2)on1. The maximum atomic E-state index is 12.0. The molecule has 0 radical (unpaired) electrons. The molecule has 6 heteroatoms. The molecule has 0 unspecified atom stereocenters. The van der Waals surface area contributed by atoms with E-state index in [1.807, 2.05) is 17.9 Å². The van der Waals surface area contributed by atoms with E-state index in [4.69, 9.17) is 4.52 Å². The van der Waals surface area contributed by atoms with Gasteiger partial charge in [0.2, 0.25) is 5.91 Å². The number of hydrogen-bond acceptors (Lipinski definition) is 4. The minimum atomic E-state index is 0.293. The maximum Gasteiger partial charge on any atom is 0.222 e. The lowest BCUT2D eigenvalue weighted by Gasteiger charge is -2.34. The normalized spacial score (nSPS) is 16.6. The van der Waals surface area contributed by atoms with E-state index in [9.17, 15) is 4.79 Å². The highest BCUT2D eigenvalue weighted by atomic mass is 79.9. The van der Waals surface area contributed by atoms with Gasteiger partial charge in [0.05, 0.1) is 12.2 Å². The largest absolute Gasteiger partial charge is 0.360 e. The molecule has 2 rings (SSSR count). The Bertz CT molecular complexity index is 428. The fourth-order valence-corrected chi connectivity index (χ4v) is 2.79. The Morgan fingerprint density at radius 3 is 2.70 bits per heavy atom. The zero-order chi connectivity index (χ0) is 14.4. The van der Waals surface area contributed by atoms with Crippen LogP contribution in [0.15, 0.2) is 10.6 Å². The fourth-order valence-electron chi connectivity index (χ4n) is 2.40. The summed E-state index contributed by atoms with van der Waals surface area (Å²) in [7, 11) is 0. The molecule has 1 amide bonds. The highest BCUT2D eigenvalue weighted by Crippen LogP contribution is 2.11. The summed E-state index contributed by atoms with van der Waals surface area (Å²) in [6, 6.07) is 1.97. The quantitative estimate of drug-likeness (QED) is 0.586. The van der Waals surface area contributed by atoms with Crippen molar-refractivity contribution in [2.75, 3.05) is 31.5 Å². The lowest BCUT2D eigenvalue weighted by Crippen LogP contribution is -2.48. The average molecular weight is 344 g/mol. The number of carbonyl (C=O) groups excluding carboxylic acids is 1. The number of aromatic nitrogens is 1. The molecule has 0 spiro atoms. The summed E-state index contributed by atoms with van der Waals surface area (Å²) in [4.78, 5) is 16.3. The molecule has 5 nitrogen and oxygen atoms in total. The van der Waals surface area contributed by atoms with Crippen LogP contribution in [0.3, 0.4) is 0 Å². The molecule has 1 aromatic heterocycles. The molecule has 0 atom stereocenters. The number of aryl methyl sites for hydroxylation is 1. The lowest BCUT2D eigenvalue weighted by molar-refractivity contribution is -0.133. The van der Waals surface area contributed by atoms with E-state index in [1.54, 1.807) is 0 Å². The molecule has 1 aliphatic heterocycles. The van der Waals surface area contributed by atoms with Crippen molar-refractivity contribution in [3.63, 3.8) is 0 Å². The predicted octanol–water partition coefficient (Wildman–Crippen LogP) is 2.19. The molecule has 112 valence electrons. The van der Waals surface area contributed by atoms with E-state index in [0.717, 1.165) is 62.3 Å². The third-order valence-corrected chi connectivity index (χ3v) is 4.12. The van der Waals surface area contributed by atoms with E-state index < -0.39 is 0 Å². The van der Waals surface area contributed by atoms with Crippen molar-refractivity contribution in [1.82, 2.24) is 15.0 Å². The van der Waals surface area contributed by atoms with Crippen LogP contribution in [-0.4, -0.2) is 52.4 Å². The Morgan fingerprint density at radius 2 is 2.10 bits per heavy atom. The van der Waals surface area contributed by atoms with Crippen LogP contribution in [0.4, 0.5) is 0 Å². The van der Waals surface area contributed by atoms with Gasteiger partial charge < -0.3 is 9.42 Å². The van der Waals surface area contributed by atoms with Gasteiger partial charge in [0.1, 0.15) is 0 Å². The van der Waals surface area contributed by atoms with Gasteiger partial charge in [0, 0.05) is 44.0 Å². The number of unbranched alkanes of at least 4 members (excludes halogenated alkanes) is 1. The second-order valence-corrected chi connectivity index (χ2v) is 6.03. The van der Waals surface area contributed by atoms with Crippen LogP contribution >= 0.6 is 15.9 Å². The van der Waals surface area contributed by atoms with E-state index in [1.165, 1.54) is 0 Å². The van der Waals surface area contributed by atoms with E-state index in [0.29, 0.717) is 12.3 Å². The molecule has 2 heterocycles. The highest BCUT2D eigenvalue weighted by Gasteiger charge is 2.21. The smallest absolute Gasteiger partial charge is 0.222 e. The summed E-state index contributed by atoms with van der Waals surface area (Å²) >= 11 is 3.39. The lowest BCUT2D eigenvalue weighted by atomic mass is 10.2. The van der Waals surface area contributed by atoms with Crippen molar-refractivity contribution in [2.45, 2.75) is 32.7 Å². The van der Waals surface area contributed by atoms with E-state index in [2.05, 4.69) is 26.0 Å². The van der Waals surface area contributed by atoms with Gasteiger partial charge in [-0.05, 0) is 19.8 Å². The maximum absolute atomic E-state index is 12.0. The summed E-state index contributed by atoms with van der Waals surface area (Å²) in [6.07, 6.45) is 2.71. The minimum absolute atomic E-state index is 0.293. The second kappa shape index (κ2) is 7.78. The number of hydrogen-bond donors (Lipinski definition) is 0. The first-order chi connectivity index (χ1) is 9.69. The molecule has 0 aliphatic carbocycles. The van der Waals surface area contributed by atoms with E-state index in [-0.39, 0.29) is 0 Å². The Kier molecular flexibility index (Phi) is 6.04. The molecule has 0 saturated carbocycles. The van der Waals surface area contributed by atoms with Gasteiger partial charge in [-0.2, -0.15) is 0 Å². The number of piperazine rings is 1. The molecule has 0 N–H and O–H groups in total. The first-order valence-corrected chi connectivity index (χ1v) is 8.29. The summed E-state index contributed by atoms with van der Waals surface area (Å²) in [5.41, 5.74) is 0.917. The molecule has 1 saturated heterocycles. The first kappa shape index (κ1) is 15.5. The van der Waals surface area contributed by atoms with Crippen LogP contribution < -0.4 is 0 Å². The third kappa shape index (κ3) is 4.59. The summed E-state index contributed by atoms with van der Waals surface area (Å²) in [5, 5.41) is 4.87. The van der Waals surface area contributed by atoms with Gasteiger partial charge >= 0.3 is 0 Å². The van der Waals surface area contributed by atoms with Crippen LogP contribution in [0.1, 0.15) is 30.7 Å². The molecular weight excluding hydrogens is 322 g/mol. The average Bonchev–Trinajstić information content (AvgIpc) is 2.85. The van der Waals surface area contributed by atoms with Gasteiger partial charge in [-0.15, -0.1) is 0 Å². The number of alkyl halides is 1. The predicted molar refractivity (Wildman–Crippen MR) is 80.7 cm³/mol. The molecule has 1 fully saturated rings. The third-order valence-electron chi connectivity index (χ3n) is 3.56. The van der Waals surface area contributed by atoms with Gasteiger partial charge in [-0.25, -0.2) is 0 Å². The Labute approximate surface area is 128 Å². The van der Waals surface area contributed by atoms with Gasteiger partial charge in [-0.3, -0.25) is 9.69 Å². The molecule has 1 aliphatic rings. The van der Waals surface area contributed by atoms with Crippen LogP contribution in [0.5, 0.6) is 0 Å². The molecule has 1 aromatic rings. The van der Waals surface area contributed by atoms with Crippen molar-refractivity contribution in [3.05, 3.63) is 17.5 Å². The summed E-state index contributed by atoms with van der Waals surface area (Å²) in [6.45, 7) is 6.16. The molecule has 20 heavy (non-hydrogen) atoms. The standard InChI is InChI=1S/C14H22BrN3O2/c1-12-10-13(20-16-12)11-17-6-8-18(9-7-17)14(19)4-2-3-5-15/h10H,2-9,11H2,1H3. The Morgan fingerprint density at radius 1 is 1.35 bits per heavy atom. The molecular formula is C14H22BrN3O2. The topological polar surface area (TPSA) is 49.6 Å². The number of carbonyl (C=O) groups is 1. The Balaban J connectivity index is 1.70. The van der Waals surface area contributed by atoms with Crippen molar-refractivity contribution >= 4 is 21.8 Å².